The van der Waals surface area contributed by atoms with E-state index in [1.165, 1.54) is 0 Å². The highest BCUT2D eigenvalue weighted by atomic mass is 16.5. The second kappa shape index (κ2) is 7.79. The number of benzene rings is 1. The number of rotatable bonds is 7. The van der Waals surface area contributed by atoms with Crippen LogP contribution in [0.3, 0.4) is 0 Å². The maximum Gasteiger partial charge on any atom is 0.222 e. The number of nitrogens with zero attached hydrogens (tertiary/aromatic N) is 1. The first-order valence-electron chi connectivity index (χ1n) is 6.58. The topological polar surface area (TPSA) is 49.8 Å². The Morgan fingerprint density at radius 3 is 2.74 bits per heavy atom. The Balaban J connectivity index is 2.45. The highest BCUT2D eigenvalue weighted by Gasteiger charge is 2.11. The summed E-state index contributed by atoms with van der Waals surface area (Å²) >= 11 is 0. The van der Waals surface area contributed by atoms with E-state index in [1.54, 1.807) is 26.0 Å². The average molecular weight is 265 g/mol. The third kappa shape index (κ3) is 5.30. The molecule has 0 fully saturated rings. The molecule has 0 saturated carbocycles. The second-order valence-corrected chi connectivity index (χ2v) is 4.76. The lowest BCUT2D eigenvalue weighted by Crippen LogP contribution is -2.29. The molecule has 0 spiro atoms. The van der Waals surface area contributed by atoms with Crippen LogP contribution in [-0.2, 0) is 11.2 Å². The summed E-state index contributed by atoms with van der Waals surface area (Å²) in [6.07, 6.45) is 1.36. The first-order chi connectivity index (χ1) is 9.04. The van der Waals surface area contributed by atoms with Gasteiger partial charge in [-0.25, -0.2) is 0 Å². The number of ether oxygens (including phenoxy) is 1. The monoisotopic (exact) mass is 265 g/mol. The number of carbonyl (C=O) groups excluding carboxylic acids is 1. The molecule has 4 heteroatoms. The average Bonchev–Trinajstić information content (AvgIpc) is 2.42. The van der Waals surface area contributed by atoms with E-state index in [2.05, 4.69) is 0 Å². The normalized spacial score (nSPS) is 12.0. The first-order valence-corrected chi connectivity index (χ1v) is 6.58. The van der Waals surface area contributed by atoms with E-state index in [9.17, 15) is 9.90 Å². The van der Waals surface area contributed by atoms with Crippen LogP contribution in [0.2, 0.25) is 0 Å². The molecule has 0 aromatic heterocycles. The lowest BCUT2D eigenvalue weighted by Gasteiger charge is -2.18. The van der Waals surface area contributed by atoms with Gasteiger partial charge in [-0.2, -0.15) is 0 Å². The summed E-state index contributed by atoms with van der Waals surface area (Å²) in [5, 5.41) is 9.20. The molecule has 106 valence electrons. The molecule has 4 nitrogen and oxygen atoms in total. The largest absolute Gasteiger partial charge is 0.496 e. The summed E-state index contributed by atoms with van der Waals surface area (Å²) in [6.45, 7) is 2.32. The molecule has 1 aromatic rings. The maximum atomic E-state index is 11.9. The second-order valence-electron chi connectivity index (χ2n) is 4.76. The van der Waals surface area contributed by atoms with Crippen molar-refractivity contribution in [2.45, 2.75) is 32.3 Å². The van der Waals surface area contributed by atoms with Gasteiger partial charge in [0.1, 0.15) is 5.75 Å². The number of aliphatic hydroxyl groups is 1. The molecular formula is C15H23NO3. The van der Waals surface area contributed by atoms with Crippen LogP contribution in [0.5, 0.6) is 5.75 Å². The highest BCUT2D eigenvalue weighted by Crippen LogP contribution is 2.19. The summed E-state index contributed by atoms with van der Waals surface area (Å²) < 4.78 is 5.26. The Hall–Kier alpha value is -1.55. The Bertz CT molecular complexity index is 404. The van der Waals surface area contributed by atoms with Crippen molar-refractivity contribution in [1.82, 2.24) is 4.90 Å². The smallest absolute Gasteiger partial charge is 0.222 e. The zero-order valence-electron chi connectivity index (χ0n) is 11.9. The van der Waals surface area contributed by atoms with Gasteiger partial charge in [-0.1, -0.05) is 18.2 Å². The lowest BCUT2D eigenvalue weighted by molar-refractivity contribution is -0.130. The van der Waals surface area contributed by atoms with Crippen LogP contribution in [0.4, 0.5) is 0 Å². The molecule has 0 aliphatic carbocycles. The van der Waals surface area contributed by atoms with Crippen LogP contribution in [0.15, 0.2) is 24.3 Å². The predicted octanol–water partition coefficient (Wildman–Crippen LogP) is 1.86. The fraction of sp³-hybridized carbons (Fsp3) is 0.533. The lowest BCUT2D eigenvalue weighted by atomic mass is 10.1. The molecule has 1 rings (SSSR count). The van der Waals surface area contributed by atoms with Gasteiger partial charge < -0.3 is 14.7 Å². The van der Waals surface area contributed by atoms with Gasteiger partial charge >= 0.3 is 0 Å². The van der Waals surface area contributed by atoms with Crippen molar-refractivity contribution in [2.24, 2.45) is 0 Å². The van der Waals surface area contributed by atoms with Crippen LogP contribution < -0.4 is 4.74 Å². The number of carbonyl (C=O) groups is 1. The third-order valence-electron chi connectivity index (χ3n) is 3.11. The molecule has 1 N–H and O–H groups in total. The number of aryl methyl sites for hydroxylation is 1. The highest BCUT2D eigenvalue weighted by molar-refractivity contribution is 5.76. The summed E-state index contributed by atoms with van der Waals surface area (Å²) in [6, 6.07) is 7.73. The standard InChI is InChI=1S/C15H23NO3/c1-12(17)10-11-16(2)15(18)9-8-13-6-4-5-7-14(13)19-3/h4-7,12,17H,8-11H2,1-3H3. The third-order valence-corrected chi connectivity index (χ3v) is 3.11. The molecule has 0 bridgehead atoms. The van der Waals surface area contributed by atoms with Crippen molar-refractivity contribution < 1.29 is 14.6 Å². The minimum absolute atomic E-state index is 0.0894. The molecule has 1 aromatic carbocycles. The summed E-state index contributed by atoms with van der Waals surface area (Å²) in [4.78, 5) is 13.6. The molecule has 19 heavy (non-hydrogen) atoms. The Morgan fingerprint density at radius 1 is 1.42 bits per heavy atom. The molecule has 0 saturated heterocycles. The Labute approximate surface area is 115 Å². The number of methoxy groups -OCH3 is 1. The number of hydrogen-bond donors (Lipinski definition) is 1. The van der Waals surface area contributed by atoms with Crippen LogP contribution >= 0.6 is 0 Å². The van der Waals surface area contributed by atoms with Crippen LogP contribution in [0, 0.1) is 0 Å². The zero-order chi connectivity index (χ0) is 14.3. The van der Waals surface area contributed by atoms with Crippen molar-refractivity contribution in [2.75, 3.05) is 20.7 Å². The predicted molar refractivity (Wildman–Crippen MR) is 75.2 cm³/mol. The van der Waals surface area contributed by atoms with E-state index in [1.807, 2.05) is 24.3 Å². The van der Waals surface area contributed by atoms with E-state index in [-0.39, 0.29) is 12.0 Å². The molecule has 1 atom stereocenters. The zero-order valence-corrected chi connectivity index (χ0v) is 11.9. The minimum Gasteiger partial charge on any atom is -0.496 e. The number of hydrogen-bond acceptors (Lipinski definition) is 3. The molecule has 0 aliphatic heterocycles. The minimum atomic E-state index is -0.371. The summed E-state index contributed by atoms with van der Waals surface area (Å²) in [5.74, 6) is 0.911. The number of aliphatic hydroxyl groups excluding tert-OH is 1. The maximum absolute atomic E-state index is 11.9. The van der Waals surface area contributed by atoms with Gasteiger partial charge in [-0.3, -0.25) is 4.79 Å². The van der Waals surface area contributed by atoms with Crippen molar-refractivity contribution >= 4 is 5.91 Å². The molecular weight excluding hydrogens is 242 g/mol. The molecule has 1 unspecified atom stereocenters. The van der Waals surface area contributed by atoms with E-state index in [4.69, 9.17) is 4.74 Å². The van der Waals surface area contributed by atoms with Crippen molar-refractivity contribution in [1.29, 1.82) is 0 Å². The molecule has 0 aliphatic rings. The van der Waals surface area contributed by atoms with Crippen LogP contribution in [0.25, 0.3) is 0 Å². The van der Waals surface area contributed by atoms with Crippen molar-refractivity contribution in [3.63, 3.8) is 0 Å². The van der Waals surface area contributed by atoms with Crippen molar-refractivity contribution in [3.05, 3.63) is 29.8 Å². The molecule has 1 amide bonds. The van der Waals surface area contributed by atoms with Crippen LogP contribution in [0.1, 0.15) is 25.3 Å². The first kappa shape index (κ1) is 15.5. The fourth-order valence-electron chi connectivity index (χ4n) is 1.85. The van der Waals surface area contributed by atoms with Gasteiger partial charge in [0, 0.05) is 20.0 Å². The van der Waals surface area contributed by atoms with Gasteiger partial charge in [0.2, 0.25) is 5.91 Å². The fourth-order valence-corrected chi connectivity index (χ4v) is 1.85. The van der Waals surface area contributed by atoms with Gasteiger partial charge in [-0.05, 0) is 31.4 Å². The quantitative estimate of drug-likeness (QED) is 0.818. The SMILES string of the molecule is COc1ccccc1CCC(=O)N(C)CCC(C)O. The van der Waals surface area contributed by atoms with Gasteiger partial charge in [0.25, 0.3) is 0 Å². The molecule has 0 radical (unpaired) electrons. The Kier molecular flexibility index (Phi) is 6.36. The Morgan fingerprint density at radius 2 is 2.11 bits per heavy atom. The van der Waals surface area contributed by atoms with Crippen LogP contribution in [-0.4, -0.2) is 42.7 Å². The van der Waals surface area contributed by atoms with E-state index in [0.29, 0.717) is 25.8 Å². The van der Waals surface area contributed by atoms with Crippen molar-refractivity contribution in [3.8, 4) is 5.75 Å². The number of para-hydroxylation sites is 1. The van der Waals surface area contributed by atoms with E-state index >= 15 is 0 Å². The van der Waals surface area contributed by atoms with Gasteiger partial charge in [-0.15, -0.1) is 0 Å². The molecule has 0 heterocycles. The van der Waals surface area contributed by atoms with Gasteiger partial charge in [0.15, 0.2) is 0 Å². The van der Waals surface area contributed by atoms with Gasteiger partial charge in [0.05, 0.1) is 13.2 Å². The number of amides is 1. The van der Waals surface area contributed by atoms with E-state index in [0.717, 1.165) is 11.3 Å². The summed E-state index contributed by atoms with van der Waals surface area (Å²) in [7, 11) is 3.41. The summed E-state index contributed by atoms with van der Waals surface area (Å²) in [5.41, 5.74) is 1.04. The van der Waals surface area contributed by atoms with E-state index < -0.39 is 0 Å².